The summed E-state index contributed by atoms with van der Waals surface area (Å²) in [4.78, 5) is 30.3. The largest absolute Gasteiger partial charge is 0.465 e. The van der Waals surface area contributed by atoms with Crippen molar-refractivity contribution in [3.8, 4) is 0 Å². The van der Waals surface area contributed by atoms with Crippen LogP contribution in [0.3, 0.4) is 0 Å². The number of rotatable bonds is 15. The fourth-order valence-corrected chi connectivity index (χ4v) is 10.9. The number of carbonyl (C=O) groups is 2. The highest BCUT2D eigenvalue weighted by atomic mass is 32.2. The Kier molecular flexibility index (Phi) is 13.0. The molecule has 0 saturated heterocycles. The highest BCUT2D eigenvalue weighted by molar-refractivity contribution is 7.86. The molecule has 0 saturated carbocycles. The lowest BCUT2D eigenvalue weighted by molar-refractivity contribution is -0.437. The first-order valence-electron chi connectivity index (χ1n) is 21.7. The zero-order valence-electron chi connectivity index (χ0n) is 37.3. The van der Waals surface area contributed by atoms with E-state index in [0.717, 1.165) is 55.5 Å². The molecule has 7 rings (SSSR count). The third kappa shape index (κ3) is 9.10. The van der Waals surface area contributed by atoms with Gasteiger partial charge in [-0.25, -0.2) is 0 Å². The molecule has 0 amide bonds. The summed E-state index contributed by atoms with van der Waals surface area (Å²) in [6, 6.07) is 24.3. The molecule has 0 fully saturated rings. The van der Waals surface area contributed by atoms with Crippen LogP contribution in [0, 0.1) is 5.41 Å². The van der Waals surface area contributed by atoms with Gasteiger partial charge in [0.15, 0.2) is 11.1 Å². The summed E-state index contributed by atoms with van der Waals surface area (Å²) in [5, 5.41) is 4.24. The Bertz CT molecular complexity index is 2900. The van der Waals surface area contributed by atoms with E-state index in [-0.39, 0.29) is 38.9 Å². The predicted octanol–water partition coefficient (Wildman–Crippen LogP) is 8.92. The second-order valence-corrected chi connectivity index (χ2v) is 20.9. The Hall–Kier alpha value is -5.41. The number of anilines is 1. The number of ether oxygens (including phenoxy) is 2. The van der Waals surface area contributed by atoms with E-state index in [1.54, 1.807) is 13.8 Å². The summed E-state index contributed by atoms with van der Waals surface area (Å²) in [6.07, 6.45) is 10.0. The van der Waals surface area contributed by atoms with Crippen molar-refractivity contribution in [2.45, 2.75) is 78.1 Å². The van der Waals surface area contributed by atoms with Crippen molar-refractivity contribution >= 4 is 70.8 Å². The van der Waals surface area contributed by atoms with Crippen molar-refractivity contribution < 1.29 is 49.6 Å². The third-order valence-electron chi connectivity index (χ3n) is 12.7. The standard InChI is InChI=1S/C50H56N2O10S2/c1-7-61-46(53)50(47(54)62-8-2)32-34(19-25-42-48(3,4)44-38-17-11-9-15-36(38)21-23-40(44)51(42)27-13-29-63(55,56)57)31-35(33-50)20-26-43-49(5,6)45-39-18-12-10-16-37(39)22-24-41(45)52(43)28-14-30-64(58,59)60/h9-12,15-26,31H,7-8,13-14,27-30,32-33H2,1-6H3,(H-,55,56,57,58,59,60)/p+1. The van der Waals surface area contributed by atoms with Gasteiger partial charge in [0.1, 0.15) is 6.54 Å². The molecule has 0 spiro atoms. The van der Waals surface area contributed by atoms with Gasteiger partial charge in [0, 0.05) is 47.5 Å². The van der Waals surface area contributed by atoms with Crippen LogP contribution in [-0.4, -0.2) is 86.0 Å². The minimum atomic E-state index is -4.21. The maximum absolute atomic E-state index is 14.1. The summed E-state index contributed by atoms with van der Waals surface area (Å²) in [5.74, 6) is -2.21. The molecular weight excluding hydrogens is 853 g/mol. The molecule has 3 aliphatic rings. The molecule has 0 aromatic heterocycles. The van der Waals surface area contributed by atoms with E-state index >= 15 is 0 Å². The highest BCUT2D eigenvalue weighted by Crippen LogP contribution is 2.51. The lowest BCUT2D eigenvalue weighted by Gasteiger charge is -2.33. The average molecular weight is 910 g/mol. The van der Waals surface area contributed by atoms with E-state index in [1.165, 1.54) is 0 Å². The Morgan fingerprint density at radius 3 is 1.91 bits per heavy atom. The summed E-state index contributed by atoms with van der Waals surface area (Å²) in [5.41, 5.74) is 4.17. The lowest BCUT2D eigenvalue weighted by Crippen LogP contribution is -2.44. The summed E-state index contributed by atoms with van der Waals surface area (Å²) in [6.45, 7) is 12.5. The molecule has 1 aliphatic carbocycles. The Balaban J connectivity index is 1.37. The smallest absolute Gasteiger partial charge is 0.324 e. The van der Waals surface area contributed by atoms with Crippen molar-refractivity contribution in [1.82, 2.24) is 0 Å². The van der Waals surface area contributed by atoms with E-state index in [2.05, 4.69) is 61.4 Å². The summed E-state index contributed by atoms with van der Waals surface area (Å²) in [7, 11) is -8.41. The van der Waals surface area contributed by atoms with Crippen LogP contribution in [0.15, 0.2) is 120 Å². The van der Waals surface area contributed by atoms with E-state index in [9.17, 15) is 35.5 Å². The Labute approximate surface area is 376 Å². The molecule has 64 heavy (non-hydrogen) atoms. The number of esters is 2. The molecule has 0 unspecified atom stereocenters. The second-order valence-electron chi connectivity index (χ2n) is 17.8. The van der Waals surface area contributed by atoms with Gasteiger partial charge in [0.25, 0.3) is 20.2 Å². The quantitative estimate of drug-likeness (QED) is 0.0506. The molecule has 4 aromatic carbocycles. The molecule has 2 N–H and O–H groups in total. The maximum Gasteiger partial charge on any atom is 0.324 e. The molecule has 338 valence electrons. The lowest BCUT2D eigenvalue weighted by atomic mass is 9.71. The highest BCUT2D eigenvalue weighted by Gasteiger charge is 2.52. The van der Waals surface area contributed by atoms with Crippen molar-refractivity contribution in [3.63, 3.8) is 0 Å². The molecule has 12 nitrogen and oxygen atoms in total. The first-order valence-corrected chi connectivity index (χ1v) is 25.0. The average Bonchev–Trinajstić information content (AvgIpc) is 3.59. The normalized spacial score (nSPS) is 19.1. The van der Waals surface area contributed by atoms with Crippen molar-refractivity contribution in [3.05, 3.63) is 131 Å². The van der Waals surface area contributed by atoms with Crippen LogP contribution in [-0.2, 0) is 50.1 Å². The molecule has 14 heteroatoms. The number of hydrogen-bond acceptors (Lipinski definition) is 9. The topological polar surface area (TPSA) is 168 Å². The van der Waals surface area contributed by atoms with Gasteiger partial charge >= 0.3 is 11.9 Å². The fraction of sp³-hybridized carbons (Fsp3) is 0.380. The van der Waals surface area contributed by atoms with Crippen LogP contribution in [0.2, 0.25) is 0 Å². The van der Waals surface area contributed by atoms with E-state index in [0.29, 0.717) is 24.2 Å². The Morgan fingerprint density at radius 2 is 1.30 bits per heavy atom. The van der Waals surface area contributed by atoms with Gasteiger partial charge in [0.2, 0.25) is 5.69 Å². The maximum atomic E-state index is 14.1. The van der Waals surface area contributed by atoms with Gasteiger partial charge in [-0.15, -0.1) is 0 Å². The molecule has 4 aromatic rings. The van der Waals surface area contributed by atoms with E-state index in [4.69, 9.17) is 9.47 Å². The number of allylic oxidation sites excluding steroid dienone is 8. The molecule has 0 atom stereocenters. The van der Waals surface area contributed by atoms with Gasteiger partial charge in [0.05, 0.1) is 30.1 Å². The van der Waals surface area contributed by atoms with Crippen LogP contribution in [0.25, 0.3) is 21.5 Å². The van der Waals surface area contributed by atoms with Crippen molar-refractivity contribution in [2.75, 3.05) is 42.7 Å². The van der Waals surface area contributed by atoms with Crippen molar-refractivity contribution in [2.24, 2.45) is 5.41 Å². The van der Waals surface area contributed by atoms with Crippen LogP contribution in [0.5, 0.6) is 0 Å². The summed E-state index contributed by atoms with van der Waals surface area (Å²) < 4.78 is 79.9. The molecule has 0 bridgehead atoms. The first-order chi connectivity index (χ1) is 30.2. The second kappa shape index (κ2) is 17.9. The molecule has 0 radical (unpaired) electrons. The van der Waals surface area contributed by atoms with Crippen LogP contribution >= 0.6 is 0 Å². The third-order valence-corrected chi connectivity index (χ3v) is 14.3. The minimum absolute atomic E-state index is 0.00783. The zero-order valence-corrected chi connectivity index (χ0v) is 38.9. The molecule has 2 aliphatic heterocycles. The first kappa shape index (κ1) is 46.6. The van der Waals surface area contributed by atoms with Gasteiger partial charge < -0.3 is 14.4 Å². The number of benzene rings is 4. The number of fused-ring (bicyclic) bond motifs is 6. The van der Waals surface area contributed by atoms with Gasteiger partial charge in [-0.2, -0.15) is 21.4 Å². The monoisotopic (exact) mass is 909 g/mol. The summed E-state index contributed by atoms with van der Waals surface area (Å²) >= 11 is 0. The number of carbonyl (C=O) groups excluding carboxylic acids is 2. The minimum Gasteiger partial charge on any atom is -0.465 e. The van der Waals surface area contributed by atoms with Crippen LogP contribution < -0.4 is 4.90 Å². The Morgan fingerprint density at radius 1 is 0.719 bits per heavy atom. The van der Waals surface area contributed by atoms with E-state index in [1.807, 2.05) is 78.9 Å². The van der Waals surface area contributed by atoms with Gasteiger partial charge in [-0.3, -0.25) is 18.7 Å². The number of nitrogens with zero attached hydrogens (tertiary/aromatic N) is 2. The predicted molar refractivity (Wildman–Crippen MR) is 251 cm³/mol. The fourth-order valence-electron chi connectivity index (χ4n) is 9.96. The van der Waals surface area contributed by atoms with Crippen molar-refractivity contribution in [1.29, 1.82) is 0 Å². The van der Waals surface area contributed by atoms with Gasteiger partial charge in [-0.1, -0.05) is 86.7 Å². The SMILES string of the molecule is CCOC(=O)C1(C(=O)OCC)CC(/C=C/C2=[N+](CCCS(=O)(=O)O)c3ccc4ccccc4c3C2(C)C)=CC(=C/C=C2/N(CCCS(=O)(=O)O)c3ccc4ccccc4c3C2(C)C)/C1. The van der Waals surface area contributed by atoms with Gasteiger partial charge in [-0.05, 0) is 103 Å². The number of hydrogen-bond donors (Lipinski definition) is 2. The van der Waals surface area contributed by atoms with Crippen LogP contribution in [0.1, 0.15) is 78.4 Å². The van der Waals surface area contributed by atoms with E-state index < -0.39 is 59.9 Å². The van der Waals surface area contributed by atoms with Crippen LogP contribution in [0.4, 0.5) is 11.4 Å². The molecular formula is C50H57N2O10S2+. The zero-order chi connectivity index (χ0) is 46.2. The molecule has 2 heterocycles.